The summed E-state index contributed by atoms with van der Waals surface area (Å²) in [4.78, 5) is 24.1. The Morgan fingerprint density at radius 3 is 2.46 bits per heavy atom. The number of hydrogen-bond donors (Lipinski definition) is 3. The molecule has 3 rings (SSSR count). The number of nitrogens with one attached hydrogen (secondary N) is 2. The summed E-state index contributed by atoms with van der Waals surface area (Å²) >= 11 is 1.09. The Morgan fingerprint density at radius 1 is 1.12 bits per heavy atom. The molecule has 0 saturated heterocycles. The van der Waals surface area contributed by atoms with E-state index in [-0.39, 0.29) is 15.5 Å². The fourth-order valence-corrected chi connectivity index (χ4v) is 5.05. The standard InChI is InChI=1S/C17H18N2O5S2/c20-15(18-17(16(21)22)8-1-2-9-17)12-5-3-6-13(11-12)19-26(23,24)14-7-4-10-25-14/h3-7,10-11,19H,1-2,8-9H2,(H,18,20)(H,21,22). The van der Waals surface area contributed by atoms with Crippen molar-refractivity contribution < 1.29 is 23.1 Å². The quantitative estimate of drug-likeness (QED) is 0.697. The van der Waals surface area contributed by atoms with E-state index in [0.717, 1.165) is 24.2 Å². The first-order valence-corrected chi connectivity index (χ1v) is 10.4. The van der Waals surface area contributed by atoms with Crippen LogP contribution < -0.4 is 10.0 Å². The molecule has 0 bridgehead atoms. The smallest absolute Gasteiger partial charge is 0.329 e. The molecule has 0 unspecified atom stereocenters. The van der Waals surface area contributed by atoms with Crippen molar-refractivity contribution in [3.63, 3.8) is 0 Å². The van der Waals surface area contributed by atoms with Crippen LogP contribution in [-0.4, -0.2) is 30.9 Å². The summed E-state index contributed by atoms with van der Waals surface area (Å²) in [5.41, 5.74) is -0.811. The minimum Gasteiger partial charge on any atom is -0.480 e. The lowest BCUT2D eigenvalue weighted by atomic mass is 9.97. The van der Waals surface area contributed by atoms with Gasteiger partial charge in [-0.05, 0) is 42.5 Å². The number of carboxylic acids is 1. The molecule has 1 aromatic carbocycles. The predicted octanol–water partition coefficient (Wildman–Crippen LogP) is 2.68. The third kappa shape index (κ3) is 3.73. The van der Waals surface area contributed by atoms with Crippen LogP contribution >= 0.6 is 11.3 Å². The summed E-state index contributed by atoms with van der Waals surface area (Å²) < 4.78 is 27.2. The molecule has 1 fully saturated rings. The highest BCUT2D eigenvalue weighted by Gasteiger charge is 2.42. The lowest BCUT2D eigenvalue weighted by molar-refractivity contribution is -0.144. The lowest BCUT2D eigenvalue weighted by Crippen LogP contribution is -2.52. The van der Waals surface area contributed by atoms with Gasteiger partial charge in [0.25, 0.3) is 15.9 Å². The normalized spacial score (nSPS) is 16.2. The summed E-state index contributed by atoms with van der Waals surface area (Å²) in [5, 5.41) is 13.7. The fourth-order valence-electron chi connectivity index (χ4n) is 3.01. The van der Waals surface area contributed by atoms with E-state index in [9.17, 15) is 23.1 Å². The van der Waals surface area contributed by atoms with E-state index in [1.54, 1.807) is 17.5 Å². The molecule has 0 spiro atoms. The molecule has 1 amide bonds. The van der Waals surface area contributed by atoms with Gasteiger partial charge in [-0.25, -0.2) is 13.2 Å². The SMILES string of the molecule is O=C(NC1(C(=O)O)CCCC1)c1cccc(NS(=O)(=O)c2cccs2)c1. The van der Waals surface area contributed by atoms with E-state index in [4.69, 9.17) is 0 Å². The first kappa shape index (κ1) is 18.4. The van der Waals surface area contributed by atoms with Gasteiger partial charge in [-0.15, -0.1) is 11.3 Å². The van der Waals surface area contributed by atoms with Crippen molar-refractivity contribution in [1.29, 1.82) is 0 Å². The Bertz CT molecular complexity index is 916. The number of benzene rings is 1. The Labute approximate surface area is 155 Å². The molecule has 0 atom stereocenters. The van der Waals surface area contributed by atoms with Crippen molar-refractivity contribution in [2.75, 3.05) is 4.72 Å². The van der Waals surface area contributed by atoms with E-state index < -0.39 is 27.4 Å². The predicted molar refractivity (Wildman–Crippen MR) is 97.9 cm³/mol. The molecule has 1 aliphatic rings. The Morgan fingerprint density at radius 2 is 1.85 bits per heavy atom. The third-order valence-corrected chi connectivity index (χ3v) is 7.13. The second-order valence-electron chi connectivity index (χ2n) is 6.17. The molecule has 9 heteroatoms. The number of anilines is 1. The van der Waals surface area contributed by atoms with Crippen LogP contribution in [0, 0.1) is 0 Å². The molecule has 1 heterocycles. The van der Waals surface area contributed by atoms with Gasteiger partial charge in [0.15, 0.2) is 0 Å². The van der Waals surface area contributed by atoms with Crippen molar-refractivity contribution in [3.8, 4) is 0 Å². The van der Waals surface area contributed by atoms with Gasteiger partial charge in [0.05, 0.1) is 0 Å². The number of carboxylic acid groups (broad SMARTS) is 1. The molecular weight excluding hydrogens is 376 g/mol. The molecule has 26 heavy (non-hydrogen) atoms. The highest BCUT2D eigenvalue weighted by atomic mass is 32.2. The molecule has 1 aliphatic carbocycles. The zero-order chi connectivity index (χ0) is 18.8. The van der Waals surface area contributed by atoms with Gasteiger partial charge in [-0.2, -0.15) is 0 Å². The summed E-state index contributed by atoms with van der Waals surface area (Å²) in [6.07, 6.45) is 2.26. The van der Waals surface area contributed by atoms with Crippen LogP contribution in [0.25, 0.3) is 0 Å². The van der Waals surface area contributed by atoms with Crippen LogP contribution in [0.4, 0.5) is 5.69 Å². The van der Waals surface area contributed by atoms with Crippen molar-refractivity contribution >= 4 is 38.9 Å². The maximum Gasteiger partial charge on any atom is 0.329 e. The number of amides is 1. The van der Waals surface area contributed by atoms with Crippen molar-refractivity contribution in [2.45, 2.75) is 35.4 Å². The van der Waals surface area contributed by atoms with Gasteiger partial charge < -0.3 is 10.4 Å². The average Bonchev–Trinajstić information content (AvgIpc) is 3.27. The zero-order valence-corrected chi connectivity index (χ0v) is 15.4. The van der Waals surface area contributed by atoms with Gasteiger partial charge in [0, 0.05) is 11.3 Å². The number of sulfonamides is 1. The summed E-state index contributed by atoms with van der Waals surface area (Å²) in [6, 6.07) is 9.11. The van der Waals surface area contributed by atoms with Crippen LogP contribution in [0.1, 0.15) is 36.0 Å². The fraction of sp³-hybridized carbons (Fsp3) is 0.294. The number of carbonyl (C=O) groups excluding carboxylic acids is 1. The van der Waals surface area contributed by atoms with Crippen molar-refractivity contribution in [1.82, 2.24) is 5.32 Å². The molecule has 3 N–H and O–H groups in total. The molecule has 0 radical (unpaired) electrons. The second-order valence-corrected chi connectivity index (χ2v) is 9.02. The summed E-state index contributed by atoms with van der Waals surface area (Å²) in [7, 11) is -3.72. The Balaban J connectivity index is 1.79. The maximum atomic E-state index is 12.5. The molecule has 1 aromatic heterocycles. The molecule has 2 aromatic rings. The van der Waals surface area contributed by atoms with Gasteiger partial charge >= 0.3 is 5.97 Å². The van der Waals surface area contributed by atoms with Crippen LogP contribution in [0.3, 0.4) is 0 Å². The minimum atomic E-state index is -3.72. The van der Waals surface area contributed by atoms with Gasteiger partial charge in [0.1, 0.15) is 9.75 Å². The molecular formula is C17H18N2O5S2. The Hall–Kier alpha value is -2.39. The molecule has 0 aliphatic heterocycles. The van der Waals surface area contributed by atoms with E-state index in [1.165, 1.54) is 24.3 Å². The van der Waals surface area contributed by atoms with Gasteiger partial charge in [-0.1, -0.05) is 25.0 Å². The van der Waals surface area contributed by atoms with Crippen molar-refractivity contribution in [2.24, 2.45) is 0 Å². The summed E-state index contributed by atoms with van der Waals surface area (Å²) in [5.74, 6) is -1.58. The largest absolute Gasteiger partial charge is 0.480 e. The second kappa shape index (κ2) is 7.08. The van der Waals surface area contributed by atoms with E-state index in [1.807, 2.05) is 0 Å². The van der Waals surface area contributed by atoms with E-state index >= 15 is 0 Å². The lowest BCUT2D eigenvalue weighted by Gasteiger charge is -2.25. The van der Waals surface area contributed by atoms with Crippen LogP contribution in [0.2, 0.25) is 0 Å². The molecule has 1 saturated carbocycles. The van der Waals surface area contributed by atoms with E-state index in [2.05, 4.69) is 10.0 Å². The minimum absolute atomic E-state index is 0.170. The maximum absolute atomic E-state index is 12.5. The number of hydrogen-bond acceptors (Lipinski definition) is 5. The van der Waals surface area contributed by atoms with Crippen LogP contribution in [0.15, 0.2) is 46.0 Å². The summed E-state index contributed by atoms with van der Waals surface area (Å²) in [6.45, 7) is 0. The van der Waals surface area contributed by atoms with E-state index in [0.29, 0.717) is 12.8 Å². The monoisotopic (exact) mass is 394 g/mol. The number of carbonyl (C=O) groups is 2. The molecule has 138 valence electrons. The average molecular weight is 394 g/mol. The van der Waals surface area contributed by atoms with Gasteiger partial charge in [0.2, 0.25) is 0 Å². The highest BCUT2D eigenvalue weighted by Crippen LogP contribution is 2.30. The number of thiophene rings is 1. The van der Waals surface area contributed by atoms with Crippen LogP contribution in [0.5, 0.6) is 0 Å². The topological polar surface area (TPSA) is 113 Å². The van der Waals surface area contributed by atoms with Gasteiger partial charge in [-0.3, -0.25) is 9.52 Å². The number of rotatable bonds is 6. The van der Waals surface area contributed by atoms with Crippen LogP contribution in [-0.2, 0) is 14.8 Å². The first-order valence-electron chi connectivity index (χ1n) is 8.05. The van der Waals surface area contributed by atoms with Crippen molar-refractivity contribution in [3.05, 3.63) is 47.3 Å². The first-order chi connectivity index (χ1) is 12.3. The zero-order valence-electron chi connectivity index (χ0n) is 13.8. The Kier molecular flexibility index (Phi) is 5.01. The highest BCUT2D eigenvalue weighted by molar-refractivity contribution is 7.94. The number of aliphatic carboxylic acids is 1. The third-order valence-electron chi connectivity index (χ3n) is 4.36. The molecule has 7 nitrogen and oxygen atoms in total.